The van der Waals surface area contributed by atoms with Gasteiger partial charge in [0.05, 0.1) is 0 Å². The molecule has 58 valence electrons. The van der Waals surface area contributed by atoms with Crippen LogP contribution >= 0.6 is 0 Å². The van der Waals surface area contributed by atoms with Gasteiger partial charge in [-0.3, -0.25) is 0 Å². The van der Waals surface area contributed by atoms with Crippen molar-refractivity contribution in [2.45, 2.75) is 20.8 Å². The molecule has 0 amide bonds. The van der Waals surface area contributed by atoms with Gasteiger partial charge >= 0.3 is 0 Å². The number of allylic oxidation sites excluding steroid dienone is 1. The molecule has 0 aliphatic rings. The van der Waals surface area contributed by atoms with Crippen LogP contribution in [0.15, 0.2) is 12.6 Å². The highest BCUT2D eigenvalue weighted by Crippen LogP contribution is 2.06. The van der Waals surface area contributed by atoms with Crippen LogP contribution in [0.3, 0.4) is 0 Å². The van der Waals surface area contributed by atoms with Gasteiger partial charge in [0.15, 0.2) is 5.82 Å². The minimum absolute atomic E-state index is 0.752. The van der Waals surface area contributed by atoms with E-state index >= 15 is 0 Å². The molecule has 0 radical (unpaired) electrons. The molecule has 2 nitrogen and oxygen atoms in total. The number of hydrogen-bond acceptors (Lipinski definition) is 2. The Morgan fingerprint density at radius 3 is 2.09 bits per heavy atom. The molecule has 2 heteroatoms. The zero-order valence-electron chi connectivity index (χ0n) is 7.18. The highest BCUT2D eigenvalue weighted by molar-refractivity contribution is 5.54. The predicted molar refractivity (Wildman–Crippen MR) is 46.2 cm³/mol. The van der Waals surface area contributed by atoms with E-state index in [-0.39, 0.29) is 0 Å². The summed E-state index contributed by atoms with van der Waals surface area (Å²) >= 11 is 0. The van der Waals surface area contributed by atoms with Gasteiger partial charge in [0.25, 0.3) is 0 Å². The van der Waals surface area contributed by atoms with Crippen molar-refractivity contribution in [2.24, 2.45) is 0 Å². The Kier molecular flexibility index (Phi) is 2.03. The fourth-order valence-corrected chi connectivity index (χ4v) is 0.917. The second kappa shape index (κ2) is 2.82. The molecule has 0 aromatic carbocycles. The molecule has 0 saturated carbocycles. The van der Waals surface area contributed by atoms with Crippen molar-refractivity contribution >= 4 is 5.57 Å². The Balaban J connectivity index is 3.19. The van der Waals surface area contributed by atoms with Crippen LogP contribution in [0.1, 0.15) is 24.1 Å². The fraction of sp³-hybridized carbons (Fsp3) is 0.333. The van der Waals surface area contributed by atoms with E-state index in [0.717, 1.165) is 22.8 Å². The van der Waals surface area contributed by atoms with Crippen molar-refractivity contribution in [2.75, 3.05) is 0 Å². The molecular formula is C9H12N2. The summed E-state index contributed by atoms with van der Waals surface area (Å²) in [5.74, 6) is 0.752. The van der Waals surface area contributed by atoms with Gasteiger partial charge in [-0.05, 0) is 32.4 Å². The summed E-state index contributed by atoms with van der Waals surface area (Å²) in [6, 6.07) is 1.95. The largest absolute Gasteiger partial charge is 0.234 e. The maximum Gasteiger partial charge on any atom is 0.154 e. The lowest BCUT2D eigenvalue weighted by Gasteiger charge is -2.00. The van der Waals surface area contributed by atoms with Gasteiger partial charge in [-0.25, -0.2) is 9.97 Å². The van der Waals surface area contributed by atoms with Crippen LogP contribution < -0.4 is 0 Å². The number of rotatable bonds is 1. The molecule has 0 unspecified atom stereocenters. The lowest BCUT2D eigenvalue weighted by Crippen LogP contribution is -1.95. The van der Waals surface area contributed by atoms with Crippen molar-refractivity contribution < 1.29 is 0 Å². The second-order valence-corrected chi connectivity index (χ2v) is 2.75. The van der Waals surface area contributed by atoms with Gasteiger partial charge in [-0.15, -0.1) is 0 Å². The molecular weight excluding hydrogens is 136 g/mol. The molecule has 0 N–H and O–H groups in total. The molecule has 0 spiro atoms. The molecule has 1 aromatic heterocycles. The molecule has 1 heterocycles. The Bertz CT molecular complexity index is 269. The van der Waals surface area contributed by atoms with E-state index in [1.807, 2.05) is 26.8 Å². The quantitative estimate of drug-likeness (QED) is 0.609. The van der Waals surface area contributed by atoms with Gasteiger partial charge in [-0.2, -0.15) is 0 Å². The van der Waals surface area contributed by atoms with E-state index in [1.54, 1.807) is 0 Å². The summed E-state index contributed by atoms with van der Waals surface area (Å²) in [4.78, 5) is 8.45. The molecule has 1 aromatic rings. The second-order valence-electron chi connectivity index (χ2n) is 2.75. The van der Waals surface area contributed by atoms with Crippen molar-refractivity contribution in [3.63, 3.8) is 0 Å². The smallest absolute Gasteiger partial charge is 0.154 e. The van der Waals surface area contributed by atoms with Crippen LogP contribution in [-0.4, -0.2) is 9.97 Å². The first kappa shape index (κ1) is 7.92. The summed E-state index contributed by atoms with van der Waals surface area (Å²) in [5.41, 5.74) is 2.91. The summed E-state index contributed by atoms with van der Waals surface area (Å²) in [7, 11) is 0. The molecule has 0 saturated heterocycles. The summed E-state index contributed by atoms with van der Waals surface area (Å²) < 4.78 is 0. The van der Waals surface area contributed by atoms with Crippen LogP contribution in [0, 0.1) is 13.8 Å². The minimum Gasteiger partial charge on any atom is -0.234 e. The van der Waals surface area contributed by atoms with Crippen LogP contribution in [0.5, 0.6) is 0 Å². The van der Waals surface area contributed by atoms with Gasteiger partial charge in [0.1, 0.15) is 0 Å². The zero-order chi connectivity index (χ0) is 8.43. The Morgan fingerprint density at radius 2 is 1.73 bits per heavy atom. The van der Waals surface area contributed by atoms with Crippen molar-refractivity contribution in [1.29, 1.82) is 0 Å². The number of hydrogen-bond donors (Lipinski definition) is 0. The third-order valence-corrected chi connectivity index (χ3v) is 1.36. The topological polar surface area (TPSA) is 25.8 Å². The van der Waals surface area contributed by atoms with E-state index < -0.39 is 0 Å². The third kappa shape index (κ3) is 1.87. The van der Waals surface area contributed by atoms with Gasteiger partial charge in [-0.1, -0.05) is 6.58 Å². The SMILES string of the molecule is C=C(C)c1nc(C)cc(C)n1. The summed E-state index contributed by atoms with van der Waals surface area (Å²) in [6.07, 6.45) is 0. The monoisotopic (exact) mass is 148 g/mol. The molecule has 11 heavy (non-hydrogen) atoms. The highest BCUT2D eigenvalue weighted by atomic mass is 14.9. The Hall–Kier alpha value is -1.18. The predicted octanol–water partition coefficient (Wildman–Crippen LogP) is 2.13. The molecule has 1 rings (SSSR count). The van der Waals surface area contributed by atoms with Crippen LogP contribution in [0.2, 0.25) is 0 Å². The van der Waals surface area contributed by atoms with Crippen LogP contribution in [-0.2, 0) is 0 Å². The number of nitrogens with zero attached hydrogens (tertiary/aromatic N) is 2. The van der Waals surface area contributed by atoms with Gasteiger partial charge in [0, 0.05) is 11.4 Å². The average molecular weight is 148 g/mol. The third-order valence-electron chi connectivity index (χ3n) is 1.36. The van der Waals surface area contributed by atoms with E-state index in [2.05, 4.69) is 16.5 Å². The van der Waals surface area contributed by atoms with E-state index in [0.29, 0.717) is 0 Å². The van der Waals surface area contributed by atoms with E-state index in [9.17, 15) is 0 Å². The molecule has 0 atom stereocenters. The van der Waals surface area contributed by atoms with Crippen molar-refractivity contribution in [3.05, 3.63) is 29.9 Å². The van der Waals surface area contributed by atoms with Crippen molar-refractivity contribution in [3.8, 4) is 0 Å². The van der Waals surface area contributed by atoms with Crippen LogP contribution in [0.25, 0.3) is 5.57 Å². The summed E-state index contributed by atoms with van der Waals surface area (Å²) in [5, 5.41) is 0. The standard InChI is InChI=1S/C9H12N2/c1-6(2)9-10-7(3)5-8(4)11-9/h5H,1H2,2-4H3. The fourth-order valence-electron chi connectivity index (χ4n) is 0.917. The number of aromatic nitrogens is 2. The van der Waals surface area contributed by atoms with Gasteiger partial charge < -0.3 is 0 Å². The van der Waals surface area contributed by atoms with Crippen molar-refractivity contribution in [1.82, 2.24) is 9.97 Å². The first-order valence-electron chi connectivity index (χ1n) is 3.58. The Morgan fingerprint density at radius 1 is 1.27 bits per heavy atom. The van der Waals surface area contributed by atoms with Crippen LogP contribution in [0.4, 0.5) is 0 Å². The van der Waals surface area contributed by atoms with E-state index in [1.165, 1.54) is 0 Å². The van der Waals surface area contributed by atoms with Gasteiger partial charge in [0.2, 0.25) is 0 Å². The van der Waals surface area contributed by atoms with E-state index in [4.69, 9.17) is 0 Å². The lowest BCUT2D eigenvalue weighted by molar-refractivity contribution is 1.02. The maximum absolute atomic E-state index is 4.22. The maximum atomic E-state index is 4.22. The molecule has 0 fully saturated rings. The molecule has 0 bridgehead atoms. The number of aryl methyl sites for hydroxylation is 2. The first-order valence-corrected chi connectivity index (χ1v) is 3.58. The Labute approximate surface area is 67.0 Å². The summed E-state index contributed by atoms with van der Waals surface area (Å²) in [6.45, 7) is 9.61. The lowest BCUT2D eigenvalue weighted by atomic mass is 10.3. The highest BCUT2D eigenvalue weighted by Gasteiger charge is 1.98. The molecule has 0 aliphatic heterocycles. The normalized spacial score (nSPS) is 9.73. The molecule has 0 aliphatic carbocycles. The zero-order valence-corrected chi connectivity index (χ0v) is 7.18. The minimum atomic E-state index is 0.752. The first-order chi connectivity index (χ1) is 5.09. The average Bonchev–Trinajstić information content (AvgIpc) is 1.85.